The molecule has 0 aliphatic heterocycles. The molecule has 0 fully saturated rings. The number of carboxylic acid groups (broad SMARTS) is 1. The number of nitrogens with one attached hydrogen (secondary N) is 1. The Morgan fingerprint density at radius 2 is 1.95 bits per heavy atom. The van der Waals surface area contributed by atoms with Gasteiger partial charge >= 0.3 is 5.97 Å². The second kappa shape index (κ2) is 6.02. The van der Waals surface area contributed by atoms with Gasteiger partial charge in [0.1, 0.15) is 0 Å². The van der Waals surface area contributed by atoms with E-state index in [1.54, 1.807) is 30.5 Å². The molecule has 96 valence electrons. The first-order valence-electron chi connectivity index (χ1n) is 5.53. The second-order valence-electron chi connectivity index (χ2n) is 3.81. The molecule has 0 aromatic heterocycles. The lowest BCUT2D eigenvalue weighted by Gasteiger charge is -2.00. The number of carbonyl (C=O) groups is 1. The monoisotopic (exact) mass is 274 g/mol. The lowest BCUT2D eigenvalue weighted by molar-refractivity contribution is 0.0697. The molecule has 0 heterocycles. The minimum atomic E-state index is -0.950. The first kappa shape index (κ1) is 13.1. The molecule has 5 heteroatoms. The molecule has 0 spiro atoms. The van der Waals surface area contributed by atoms with Crippen molar-refractivity contribution in [3.05, 3.63) is 64.7 Å². The molecule has 2 aromatic rings. The maximum Gasteiger partial charge on any atom is 0.335 e. The van der Waals surface area contributed by atoms with Crippen LogP contribution in [0.2, 0.25) is 5.02 Å². The molecule has 0 bridgehead atoms. The normalized spacial score (nSPS) is 10.6. The molecule has 0 aliphatic rings. The SMILES string of the molecule is O=C(O)c1ccc(N/N=C\c2cccc(Cl)c2)cc1. The van der Waals surface area contributed by atoms with Crippen molar-refractivity contribution >= 4 is 29.5 Å². The zero-order valence-electron chi connectivity index (χ0n) is 9.88. The van der Waals surface area contributed by atoms with Gasteiger partial charge in [-0.25, -0.2) is 4.79 Å². The Balaban J connectivity index is 2.00. The Kier molecular flexibility index (Phi) is 4.15. The van der Waals surface area contributed by atoms with Crippen molar-refractivity contribution in [1.29, 1.82) is 0 Å². The first-order chi connectivity index (χ1) is 9.15. The lowest BCUT2D eigenvalue weighted by Crippen LogP contribution is -1.96. The summed E-state index contributed by atoms with van der Waals surface area (Å²) in [6, 6.07) is 13.6. The van der Waals surface area contributed by atoms with Crippen LogP contribution in [0.5, 0.6) is 0 Å². The molecule has 2 N–H and O–H groups in total. The van der Waals surface area contributed by atoms with E-state index in [1.807, 2.05) is 12.1 Å². The Bertz CT molecular complexity index is 609. The largest absolute Gasteiger partial charge is 0.478 e. The number of benzene rings is 2. The third kappa shape index (κ3) is 3.82. The third-order valence-corrected chi connectivity index (χ3v) is 2.62. The van der Waals surface area contributed by atoms with E-state index in [0.29, 0.717) is 10.7 Å². The van der Waals surface area contributed by atoms with Gasteiger partial charge in [0.05, 0.1) is 17.5 Å². The molecule has 0 aliphatic carbocycles. The van der Waals surface area contributed by atoms with Crippen LogP contribution >= 0.6 is 11.6 Å². The summed E-state index contributed by atoms with van der Waals surface area (Å²) in [5.74, 6) is -0.950. The molecule has 19 heavy (non-hydrogen) atoms. The Morgan fingerprint density at radius 1 is 1.21 bits per heavy atom. The van der Waals surface area contributed by atoms with Crippen LogP contribution in [0.1, 0.15) is 15.9 Å². The van der Waals surface area contributed by atoms with Crippen LogP contribution < -0.4 is 5.43 Å². The molecular formula is C14H11ClN2O2. The average Bonchev–Trinajstić information content (AvgIpc) is 2.39. The van der Waals surface area contributed by atoms with Crippen LogP contribution in [0.4, 0.5) is 5.69 Å². The zero-order valence-corrected chi connectivity index (χ0v) is 10.6. The van der Waals surface area contributed by atoms with Gasteiger partial charge in [-0.15, -0.1) is 0 Å². The van der Waals surface area contributed by atoms with Gasteiger partial charge in [-0.3, -0.25) is 5.43 Å². The standard InChI is InChI=1S/C14H11ClN2O2/c15-12-3-1-2-10(8-12)9-16-17-13-6-4-11(5-7-13)14(18)19/h1-9,17H,(H,18,19)/b16-9-. The number of anilines is 1. The van der Waals surface area contributed by atoms with E-state index >= 15 is 0 Å². The minimum absolute atomic E-state index is 0.240. The van der Waals surface area contributed by atoms with Crippen molar-refractivity contribution in [3.63, 3.8) is 0 Å². The maximum atomic E-state index is 10.7. The van der Waals surface area contributed by atoms with E-state index in [4.69, 9.17) is 16.7 Å². The van der Waals surface area contributed by atoms with Gasteiger partial charge in [-0.2, -0.15) is 5.10 Å². The van der Waals surface area contributed by atoms with Gasteiger partial charge < -0.3 is 5.11 Å². The summed E-state index contributed by atoms with van der Waals surface area (Å²) in [5, 5.41) is 13.5. The fourth-order valence-electron chi connectivity index (χ4n) is 1.46. The number of aromatic carboxylic acids is 1. The van der Waals surface area contributed by atoms with Gasteiger partial charge in [0, 0.05) is 5.02 Å². The highest BCUT2D eigenvalue weighted by molar-refractivity contribution is 6.30. The van der Waals surface area contributed by atoms with Crippen molar-refractivity contribution < 1.29 is 9.90 Å². The highest BCUT2D eigenvalue weighted by atomic mass is 35.5. The Morgan fingerprint density at radius 3 is 2.58 bits per heavy atom. The molecule has 0 unspecified atom stereocenters. The summed E-state index contributed by atoms with van der Waals surface area (Å²) < 4.78 is 0. The van der Waals surface area contributed by atoms with E-state index in [-0.39, 0.29) is 5.56 Å². The number of hydrazone groups is 1. The van der Waals surface area contributed by atoms with E-state index in [2.05, 4.69) is 10.5 Å². The lowest BCUT2D eigenvalue weighted by atomic mass is 10.2. The number of carboxylic acids is 1. The number of hydrogen-bond acceptors (Lipinski definition) is 3. The molecule has 2 aromatic carbocycles. The molecule has 4 nitrogen and oxygen atoms in total. The topological polar surface area (TPSA) is 61.7 Å². The van der Waals surface area contributed by atoms with E-state index < -0.39 is 5.97 Å². The van der Waals surface area contributed by atoms with Gasteiger partial charge in [0.15, 0.2) is 0 Å². The van der Waals surface area contributed by atoms with Crippen molar-refractivity contribution in [2.24, 2.45) is 5.10 Å². The smallest absolute Gasteiger partial charge is 0.335 e. The van der Waals surface area contributed by atoms with Crippen LogP contribution in [-0.4, -0.2) is 17.3 Å². The predicted molar refractivity (Wildman–Crippen MR) is 76.1 cm³/mol. The molecule has 2 rings (SSSR count). The third-order valence-electron chi connectivity index (χ3n) is 2.39. The van der Waals surface area contributed by atoms with Gasteiger partial charge in [0.2, 0.25) is 0 Å². The number of rotatable bonds is 4. The van der Waals surface area contributed by atoms with Crippen LogP contribution in [-0.2, 0) is 0 Å². The summed E-state index contributed by atoms with van der Waals surface area (Å²) in [5.41, 5.74) is 4.64. The first-order valence-corrected chi connectivity index (χ1v) is 5.91. The van der Waals surface area contributed by atoms with Crippen LogP contribution in [0.25, 0.3) is 0 Å². The summed E-state index contributed by atoms with van der Waals surface area (Å²) in [7, 11) is 0. The molecular weight excluding hydrogens is 264 g/mol. The second-order valence-corrected chi connectivity index (χ2v) is 4.24. The van der Waals surface area contributed by atoms with E-state index in [0.717, 1.165) is 5.56 Å². The van der Waals surface area contributed by atoms with Crippen molar-refractivity contribution in [1.82, 2.24) is 0 Å². The highest BCUT2D eigenvalue weighted by Gasteiger charge is 2.00. The van der Waals surface area contributed by atoms with Crippen molar-refractivity contribution in [2.45, 2.75) is 0 Å². The number of nitrogens with zero attached hydrogens (tertiary/aromatic N) is 1. The molecule has 0 radical (unpaired) electrons. The molecule has 0 saturated carbocycles. The van der Waals surface area contributed by atoms with Crippen LogP contribution in [0.15, 0.2) is 53.6 Å². The summed E-state index contributed by atoms with van der Waals surface area (Å²) in [4.78, 5) is 10.7. The predicted octanol–water partition coefficient (Wildman–Crippen LogP) is 3.48. The summed E-state index contributed by atoms with van der Waals surface area (Å²) in [6.07, 6.45) is 1.64. The van der Waals surface area contributed by atoms with Gasteiger partial charge in [-0.05, 0) is 42.0 Å². The fourth-order valence-corrected chi connectivity index (χ4v) is 1.65. The number of halogens is 1. The average molecular weight is 275 g/mol. The Labute approximate surface area is 115 Å². The van der Waals surface area contributed by atoms with Crippen LogP contribution in [0.3, 0.4) is 0 Å². The van der Waals surface area contributed by atoms with Crippen LogP contribution in [0, 0.1) is 0 Å². The zero-order chi connectivity index (χ0) is 13.7. The van der Waals surface area contributed by atoms with E-state index in [9.17, 15) is 4.79 Å². The molecule has 0 amide bonds. The molecule has 0 atom stereocenters. The van der Waals surface area contributed by atoms with Gasteiger partial charge in [-0.1, -0.05) is 23.7 Å². The number of hydrogen-bond donors (Lipinski definition) is 2. The fraction of sp³-hybridized carbons (Fsp3) is 0. The highest BCUT2D eigenvalue weighted by Crippen LogP contribution is 2.11. The summed E-state index contributed by atoms with van der Waals surface area (Å²) in [6.45, 7) is 0. The quantitative estimate of drug-likeness (QED) is 0.663. The van der Waals surface area contributed by atoms with E-state index in [1.165, 1.54) is 12.1 Å². The van der Waals surface area contributed by atoms with Crippen molar-refractivity contribution in [2.75, 3.05) is 5.43 Å². The minimum Gasteiger partial charge on any atom is -0.478 e. The Hall–Kier alpha value is -2.33. The van der Waals surface area contributed by atoms with Crippen molar-refractivity contribution in [3.8, 4) is 0 Å². The maximum absolute atomic E-state index is 10.7. The summed E-state index contributed by atoms with van der Waals surface area (Å²) >= 11 is 5.85. The molecule has 0 saturated heterocycles. The van der Waals surface area contributed by atoms with Gasteiger partial charge in [0.25, 0.3) is 0 Å².